The lowest BCUT2D eigenvalue weighted by Gasteiger charge is -2.36. The minimum absolute atomic E-state index is 0.117. The Labute approximate surface area is 99.9 Å². The molecule has 1 rings (SSSR count). The van der Waals surface area contributed by atoms with Crippen molar-refractivity contribution in [1.29, 1.82) is 0 Å². The number of ether oxygens (including phenoxy) is 2. The summed E-state index contributed by atoms with van der Waals surface area (Å²) in [7, 11) is 5.44. The lowest BCUT2D eigenvalue weighted by atomic mass is 9.77. The molecule has 0 amide bonds. The molecule has 0 aromatic rings. The molecule has 1 N–H and O–H groups in total. The van der Waals surface area contributed by atoms with E-state index in [1.807, 2.05) is 7.05 Å². The van der Waals surface area contributed by atoms with E-state index >= 15 is 0 Å². The number of nitrogens with one attached hydrogen (secondary N) is 1. The molecule has 1 fully saturated rings. The van der Waals surface area contributed by atoms with Gasteiger partial charge in [0.05, 0.1) is 6.04 Å². The molecule has 3 heteroatoms. The fraction of sp³-hybridized carbons (Fsp3) is 1.00. The zero-order valence-electron chi connectivity index (χ0n) is 11.2. The van der Waals surface area contributed by atoms with Gasteiger partial charge < -0.3 is 14.8 Å². The van der Waals surface area contributed by atoms with Gasteiger partial charge in [0.25, 0.3) is 0 Å². The van der Waals surface area contributed by atoms with Crippen LogP contribution in [-0.4, -0.2) is 33.6 Å². The van der Waals surface area contributed by atoms with Crippen molar-refractivity contribution in [3.05, 3.63) is 0 Å². The second-order valence-corrected chi connectivity index (χ2v) is 4.84. The van der Waals surface area contributed by atoms with Crippen LogP contribution < -0.4 is 5.32 Å². The van der Waals surface area contributed by atoms with Gasteiger partial charge in [-0.15, -0.1) is 0 Å². The SMILES string of the molecule is CCC1CCC(C(NC)C(OC)OC)CC1. The van der Waals surface area contributed by atoms with E-state index in [4.69, 9.17) is 9.47 Å². The van der Waals surface area contributed by atoms with E-state index < -0.39 is 0 Å². The van der Waals surface area contributed by atoms with Crippen LogP contribution in [0.15, 0.2) is 0 Å². The van der Waals surface area contributed by atoms with Gasteiger partial charge in [-0.1, -0.05) is 26.2 Å². The highest BCUT2D eigenvalue weighted by Crippen LogP contribution is 2.33. The van der Waals surface area contributed by atoms with Crippen LogP contribution in [0, 0.1) is 11.8 Å². The molecular weight excluding hydrogens is 202 g/mol. The number of likely N-dealkylation sites (N-methyl/N-ethyl adjacent to an activating group) is 1. The zero-order valence-corrected chi connectivity index (χ0v) is 11.2. The molecule has 0 aromatic carbocycles. The molecule has 1 aliphatic carbocycles. The molecule has 96 valence electrons. The molecule has 3 nitrogen and oxygen atoms in total. The van der Waals surface area contributed by atoms with Gasteiger partial charge in [0, 0.05) is 14.2 Å². The van der Waals surface area contributed by atoms with Crippen LogP contribution in [0.5, 0.6) is 0 Å². The number of methoxy groups -OCH3 is 2. The minimum atomic E-state index is -0.117. The summed E-state index contributed by atoms with van der Waals surface area (Å²) in [6.45, 7) is 2.30. The van der Waals surface area contributed by atoms with Crippen molar-refractivity contribution in [2.24, 2.45) is 11.8 Å². The first-order valence-electron chi connectivity index (χ1n) is 6.49. The summed E-state index contributed by atoms with van der Waals surface area (Å²) in [5.41, 5.74) is 0. The Morgan fingerprint density at radius 3 is 2.06 bits per heavy atom. The standard InChI is InChI=1S/C13H27NO2/c1-5-10-6-8-11(9-7-10)12(14-2)13(15-3)16-4/h10-14H,5-9H2,1-4H3. The highest BCUT2D eigenvalue weighted by molar-refractivity contribution is 4.83. The smallest absolute Gasteiger partial charge is 0.172 e. The van der Waals surface area contributed by atoms with Crippen LogP contribution >= 0.6 is 0 Å². The molecule has 0 aromatic heterocycles. The molecule has 0 spiro atoms. The molecule has 0 bridgehead atoms. The largest absolute Gasteiger partial charge is 0.354 e. The molecule has 16 heavy (non-hydrogen) atoms. The topological polar surface area (TPSA) is 30.5 Å². The third-order valence-electron chi connectivity index (χ3n) is 4.07. The second kappa shape index (κ2) is 7.25. The molecule has 0 radical (unpaired) electrons. The molecule has 0 heterocycles. The van der Waals surface area contributed by atoms with Crippen molar-refractivity contribution in [1.82, 2.24) is 5.32 Å². The van der Waals surface area contributed by atoms with E-state index in [0.29, 0.717) is 12.0 Å². The monoisotopic (exact) mass is 229 g/mol. The van der Waals surface area contributed by atoms with Crippen LogP contribution in [0.4, 0.5) is 0 Å². The van der Waals surface area contributed by atoms with Crippen molar-refractivity contribution in [3.8, 4) is 0 Å². The molecule has 1 aliphatic rings. The van der Waals surface area contributed by atoms with Gasteiger partial charge in [-0.25, -0.2) is 0 Å². The molecule has 1 saturated carbocycles. The summed E-state index contributed by atoms with van der Waals surface area (Å²) in [5, 5.41) is 3.36. The number of hydrogen-bond acceptors (Lipinski definition) is 3. The molecular formula is C13H27NO2. The van der Waals surface area contributed by atoms with Crippen LogP contribution in [0.2, 0.25) is 0 Å². The molecule has 1 unspecified atom stereocenters. The average molecular weight is 229 g/mol. The highest BCUT2D eigenvalue weighted by Gasteiger charge is 2.31. The Morgan fingerprint density at radius 1 is 1.12 bits per heavy atom. The Hall–Kier alpha value is -0.120. The molecule has 0 aliphatic heterocycles. The van der Waals surface area contributed by atoms with E-state index in [9.17, 15) is 0 Å². The van der Waals surface area contributed by atoms with Crippen molar-refractivity contribution in [2.75, 3.05) is 21.3 Å². The van der Waals surface area contributed by atoms with Gasteiger partial charge in [-0.05, 0) is 31.7 Å². The Balaban J connectivity index is 2.48. The van der Waals surface area contributed by atoms with Crippen LogP contribution in [0.25, 0.3) is 0 Å². The Kier molecular flexibility index (Phi) is 6.32. The van der Waals surface area contributed by atoms with Crippen molar-refractivity contribution < 1.29 is 9.47 Å². The summed E-state index contributed by atoms with van der Waals surface area (Å²) in [6, 6.07) is 0.327. The van der Waals surface area contributed by atoms with Crippen LogP contribution in [0.3, 0.4) is 0 Å². The van der Waals surface area contributed by atoms with E-state index in [2.05, 4.69) is 12.2 Å². The maximum Gasteiger partial charge on any atom is 0.172 e. The average Bonchev–Trinajstić information content (AvgIpc) is 2.36. The summed E-state index contributed by atoms with van der Waals surface area (Å²) in [5.74, 6) is 1.63. The fourth-order valence-electron chi connectivity index (χ4n) is 2.94. The predicted octanol–water partition coefficient (Wildman–Crippen LogP) is 2.41. The number of hydrogen-bond donors (Lipinski definition) is 1. The van der Waals surface area contributed by atoms with Gasteiger partial charge >= 0.3 is 0 Å². The number of rotatable bonds is 6. The van der Waals surface area contributed by atoms with E-state index in [1.54, 1.807) is 14.2 Å². The van der Waals surface area contributed by atoms with E-state index in [0.717, 1.165) is 5.92 Å². The first-order chi connectivity index (χ1) is 7.76. The third-order valence-corrected chi connectivity index (χ3v) is 4.07. The van der Waals surface area contributed by atoms with Gasteiger partial charge in [-0.3, -0.25) is 0 Å². The molecule has 1 atom stereocenters. The lowest BCUT2D eigenvalue weighted by molar-refractivity contribution is -0.134. The van der Waals surface area contributed by atoms with Crippen molar-refractivity contribution >= 4 is 0 Å². The van der Waals surface area contributed by atoms with Gasteiger partial charge in [0.2, 0.25) is 0 Å². The van der Waals surface area contributed by atoms with Crippen molar-refractivity contribution in [2.45, 2.75) is 51.4 Å². The lowest BCUT2D eigenvalue weighted by Crippen LogP contribution is -2.46. The maximum absolute atomic E-state index is 5.37. The first-order valence-corrected chi connectivity index (χ1v) is 6.49. The summed E-state index contributed by atoms with van der Waals surface area (Å²) >= 11 is 0. The highest BCUT2D eigenvalue weighted by atomic mass is 16.7. The zero-order chi connectivity index (χ0) is 12.0. The third kappa shape index (κ3) is 3.44. The van der Waals surface area contributed by atoms with Crippen LogP contribution in [-0.2, 0) is 9.47 Å². The quantitative estimate of drug-likeness (QED) is 0.710. The van der Waals surface area contributed by atoms with E-state index in [-0.39, 0.29) is 6.29 Å². The Morgan fingerprint density at radius 2 is 1.69 bits per heavy atom. The second-order valence-electron chi connectivity index (χ2n) is 4.84. The minimum Gasteiger partial charge on any atom is -0.354 e. The summed E-state index contributed by atoms with van der Waals surface area (Å²) < 4.78 is 10.7. The van der Waals surface area contributed by atoms with E-state index in [1.165, 1.54) is 32.1 Å². The Bertz CT molecular complexity index is 175. The van der Waals surface area contributed by atoms with Gasteiger partial charge in [0.1, 0.15) is 0 Å². The van der Waals surface area contributed by atoms with Gasteiger partial charge in [-0.2, -0.15) is 0 Å². The molecule has 0 saturated heterocycles. The summed E-state index contributed by atoms with van der Waals surface area (Å²) in [4.78, 5) is 0. The fourth-order valence-corrected chi connectivity index (χ4v) is 2.94. The van der Waals surface area contributed by atoms with Crippen LogP contribution in [0.1, 0.15) is 39.0 Å². The van der Waals surface area contributed by atoms with Gasteiger partial charge in [0.15, 0.2) is 6.29 Å². The summed E-state index contributed by atoms with van der Waals surface area (Å²) in [6.07, 6.45) is 6.53. The predicted molar refractivity (Wildman–Crippen MR) is 66.4 cm³/mol. The first kappa shape index (κ1) is 13.9. The normalized spacial score (nSPS) is 28.3. The van der Waals surface area contributed by atoms with Crippen molar-refractivity contribution in [3.63, 3.8) is 0 Å². The maximum atomic E-state index is 5.37.